The molecule has 26 heavy (non-hydrogen) atoms. The highest BCUT2D eigenvalue weighted by atomic mass is 31.2. The second-order valence-electron chi connectivity index (χ2n) is 6.19. The van der Waals surface area contributed by atoms with E-state index in [1.165, 1.54) is 22.7 Å². The number of aromatic nitrogens is 2. The number of H-pyrrole nitrogens is 1. The molecule has 0 bridgehead atoms. The monoisotopic (exact) mass is 388 g/mol. The molecule has 10 heteroatoms. The molecule has 2 heterocycles. The molecule has 2 rings (SSSR count). The highest BCUT2D eigenvalue weighted by molar-refractivity contribution is 7.57. The summed E-state index contributed by atoms with van der Waals surface area (Å²) in [6.07, 6.45) is 1.18. The summed E-state index contributed by atoms with van der Waals surface area (Å²) in [5.74, 6) is 1.26. The minimum absolute atomic E-state index is 0.112. The Balaban J connectivity index is 2.27. The molecule has 3 unspecified atom stereocenters. The van der Waals surface area contributed by atoms with E-state index in [-0.39, 0.29) is 19.6 Å². The minimum atomic E-state index is -3.42. The number of nitrogens with zero attached hydrogens (tertiary/aromatic N) is 1. The third kappa shape index (κ3) is 4.42. The van der Waals surface area contributed by atoms with Gasteiger partial charge in [-0.25, -0.2) is 4.79 Å². The maximum absolute atomic E-state index is 12.5. The molecule has 3 atom stereocenters. The van der Waals surface area contributed by atoms with Gasteiger partial charge < -0.3 is 18.9 Å². The van der Waals surface area contributed by atoms with Crippen LogP contribution in [0.5, 0.6) is 0 Å². The Morgan fingerprint density at radius 3 is 2.62 bits per heavy atom. The molecule has 0 amide bonds. The fourth-order valence-electron chi connectivity index (χ4n) is 2.84. The number of ether oxygens (including phenoxy) is 1. The molecule has 1 saturated heterocycles. The summed E-state index contributed by atoms with van der Waals surface area (Å²) in [6, 6.07) is 0. The summed E-state index contributed by atoms with van der Waals surface area (Å²) in [5.41, 5.74) is -1.92. The minimum Gasteiger partial charge on any atom is -0.390 e. The average Bonchev–Trinajstić information content (AvgIpc) is 2.84. The van der Waals surface area contributed by atoms with E-state index in [4.69, 9.17) is 13.8 Å². The summed E-state index contributed by atoms with van der Waals surface area (Å²) in [7, 11) is -3.42. The fraction of sp³-hybridized carbons (Fsp3) is 0.625. The summed E-state index contributed by atoms with van der Waals surface area (Å²) in [4.78, 5) is 25.9. The van der Waals surface area contributed by atoms with E-state index in [1.807, 2.05) is 0 Å². The molecule has 1 fully saturated rings. The lowest BCUT2D eigenvalue weighted by Gasteiger charge is -2.26. The second-order valence-corrected chi connectivity index (χ2v) is 8.08. The van der Waals surface area contributed by atoms with Gasteiger partial charge in [0.1, 0.15) is 11.8 Å². The van der Waals surface area contributed by atoms with Crippen molar-refractivity contribution in [1.29, 1.82) is 0 Å². The molecule has 1 aromatic heterocycles. The number of rotatable bonds is 7. The first-order chi connectivity index (χ1) is 12.1. The van der Waals surface area contributed by atoms with Crippen LogP contribution in [0.1, 0.15) is 32.8 Å². The summed E-state index contributed by atoms with van der Waals surface area (Å²) in [6.45, 7) is 7.01. The van der Waals surface area contributed by atoms with Gasteiger partial charge in [0.15, 0.2) is 0 Å². The molecule has 0 aliphatic carbocycles. The molecule has 1 aromatic rings. The normalized spacial score (nSPS) is 26.7. The van der Waals surface area contributed by atoms with E-state index < -0.39 is 36.8 Å². The Hall–Kier alpha value is -1.51. The smallest absolute Gasteiger partial charge is 0.353 e. The van der Waals surface area contributed by atoms with E-state index >= 15 is 0 Å². The van der Waals surface area contributed by atoms with Crippen molar-refractivity contribution in [3.8, 4) is 0 Å². The first kappa shape index (κ1) is 20.8. The van der Waals surface area contributed by atoms with Crippen molar-refractivity contribution in [3.05, 3.63) is 44.5 Å². The van der Waals surface area contributed by atoms with Crippen LogP contribution >= 0.6 is 7.60 Å². The molecule has 2 N–H and O–H groups in total. The second kappa shape index (κ2) is 8.02. The SMILES string of the molecule is CCOP(=O)(/C=C/C1OC(C)(n2cc(C)c(=O)[nH]c2=O)CC1O)OCC. The van der Waals surface area contributed by atoms with Gasteiger partial charge in [0.05, 0.1) is 19.3 Å². The Morgan fingerprint density at radius 2 is 2.04 bits per heavy atom. The zero-order chi connectivity index (χ0) is 19.5. The zero-order valence-electron chi connectivity index (χ0n) is 15.3. The number of nitrogens with one attached hydrogen (secondary N) is 1. The molecular formula is C16H25N2O7P. The van der Waals surface area contributed by atoms with Crippen molar-refractivity contribution in [3.63, 3.8) is 0 Å². The third-order valence-corrected chi connectivity index (χ3v) is 5.84. The Labute approximate surface area is 151 Å². The van der Waals surface area contributed by atoms with Crippen molar-refractivity contribution < 1.29 is 23.5 Å². The Kier molecular flexibility index (Phi) is 6.42. The molecule has 146 valence electrons. The maximum Gasteiger partial charge on any atom is 0.353 e. The zero-order valence-corrected chi connectivity index (χ0v) is 16.2. The van der Waals surface area contributed by atoms with Crippen LogP contribution in [0, 0.1) is 6.92 Å². The van der Waals surface area contributed by atoms with Crippen LogP contribution in [0.3, 0.4) is 0 Å². The van der Waals surface area contributed by atoms with E-state index in [0.29, 0.717) is 5.56 Å². The van der Waals surface area contributed by atoms with Gasteiger partial charge in [-0.1, -0.05) is 0 Å². The largest absolute Gasteiger partial charge is 0.390 e. The Morgan fingerprint density at radius 1 is 1.42 bits per heavy atom. The van der Waals surface area contributed by atoms with E-state index in [2.05, 4.69) is 4.98 Å². The van der Waals surface area contributed by atoms with Crippen molar-refractivity contribution >= 4 is 7.60 Å². The van der Waals surface area contributed by atoms with Crippen LogP contribution in [-0.4, -0.2) is 40.1 Å². The van der Waals surface area contributed by atoms with Gasteiger partial charge in [0.25, 0.3) is 5.56 Å². The van der Waals surface area contributed by atoms with Gasteiger partial charge in [0, 0.05) is 24.0 Å². The average molecular weight is 388 g/mol. The van der Waals surface area contributed by atoms with Gasteiger partial charge in [0.2, 0.25) is 0 Å². The van der Waals surface area contributed by atoms with Crippen LogP contribution in [0.25, 0.3) is 0 Å². The van der Waals surface area contributed by atoms with Gasteiger partial charge in [-0.2, -0.15) is 0 Å². The number of hydrogen-bond acceptors (Lipinski definition) is 7. The summed E-state index contributed by atoms with van der Waals surface area (Å²) >= 11 is 0. The summed E-state index contributed by atoms with van der Waals surface area (Å²) in [5, 5.41) is 10.3. The van der Waals surface area contributed by atoms with Gasteiger partial charge in [-0.05, 0) is 33.8 Å². The maximum atomic E-state index is 12.5. The Bertz CT molecular complexity index is 821. The highest BCUT2D eigenvalue weighted by Crippen LogP contribution is 2.50. The van der Waals surface area contributed by atoms with Crippen molar-refractivity contribution in [2.75, 3.05) is 13.2 Å². The number of aryl methyl sites for hydroxylation is 1. The van der Waals surface area contributed by atoms with Crippen LogP contribution in [0.4, 0.5) is 0 Å². The number of hydrogen-bond donors (Lipinski definition) is 2. The highest BCUT2D eigenvalue weighted by Gasteiger charge is 2.44. The van der Waals surface area contributed by atoms with E-state index in [9.17, 15) is 19.3 Å². The molecule has 0 saturated carbocycles. The molecular weight excluding hydrogens is 363 g/mol. The number of aliphatic hydroxyl groups is 1. The summed E-state index contributed by atoms with van der Waals surface area (Å²) < 4.78 is 29.9. The number of aliphatic hydroxyl groups excluding tert-OH is 1. The lowest BCUT2D eigenvalue weighted by Crippen LogP contribution is -2.42. The van der Waals surface area contributed by atoms with Gasteiger partial charge in [-0.15, -0.1) is 0 Å². The molecule has 9 nitrogen and oxygen atoms in total. The lowest BCUT2D eigenvalue weighted by atomic mass is 10.1. The standard InChI is InChI=1S/C16H25N2O7P/c1-5-23-26(22,24-6-2)8-7-13-12(19)9-16(4,25-13)18-10-11(3)14(20)17-15(18)21/h7-8,10,12-13,19H,5-6,9H2,1-4H3,(H,17,20,21)/b8-7+. The quantitative estimate of drug-likeness (QED) is 0.678. The molecule has 1 aliphatic rings. The van der Waals surface area contributed by atoms with Crippen LogP contribution in [0.15, 0.2) is 27.7 Å². The first-order valence-electron chi connectivity index (χ1n) is 8.41. The van der Waals surface area contributed by atoms with Crippen LogP contribution < -0.4 is 11.2 Å². The molecule has 0 spiro atoms. The van der Waals surface area contributed by atoms with Crippen molar-refractivity contribution in [2.45, 2.75) is 52.0 Å². The van der Waals surface area contributed by atoms with E-state index in [0.717, 1.165) is 0 Å². The predicted octanol–water partition coefficient (Wildman–Crippen LogP) is 1.45. The van der Waals surface area contributed by atoms with Crippen molar-refractivity contribution in [1.82, 2.24) is 9.55 Å². The molecule has 0 radical (unpaired) electrons. The van der Waals surface area contributed by atoms with Crippen LogP contribution in [0.2, 0.25) is 0 Å². The van der Waals surface area contributed by atoms with Gasteiger partial charge >= 0.3 is 13.3 Å². The molecule has 0 aromatic carbocycles. The third-order valence-electron chi connectivity index (χ3n) is 4.06. The molecule has 1 aliphatic heterocycles. The van der Waals surface area contributed by atoms with E-state index in [1.54, 1.807) is 27.7 Å². The first-order valence-corrected chi connectivity index (χ1v) is 10.0. The topological polar surface area (TPSA) is 120 Å². The van der Waals surface area contributed by atoms with Crippen molar-refractivity contribution in [2.24, 2.45) is 0 Å². The lowest BCUT2D eigenvalue weighted by molar-refractivity contribution is -0.0766. The predicted molar refractivity (Wildman–Crippen MR) is 95.2 cm³/mol. The van der Waals surface area contributed by atoms with Gasteiger partial charge in [-0.3, -0.25) is 18.9 Å². The number of aromatic amines is 1. The van der Waals surface area contributed by atoms with Crippen LogP contribution in [-0.2, 0) is 24.1 Å². The fourth-order valence-corrected chi connectivity index (χ4v) is 4.19.